The van der Waals surface area contributed by atoms with Gasteiger partial charge in [0.2, 0.25) is 0 Å². The summed E-state index contributed by atoms with van der Waals surface area (Å²) in [6, 6.07) is 0. The molecule has 0 aromatic heterocycles. The van der Waals surface area contributed by atoms with E-state index >= 15 is 0 Å². The summed E-state index contributed by atoms with van der Waals surface area (Å²) in [5, 5.41) is 8.87. The molecule has 4 heavy (non-hydrogen) atoms. The highest BCUT2D eigenvalue weighted by molar-refractivity contribution is 4.17. The van der Waals surface area contributed by atoms with Crippen molar-refractivity contribution in [3.63, 3.8) is 0 Å². The molecule has 0 unspecified atom stereocenters. The van der Waals surface area contributed by atoms with E-state index < -0.39 is 0 Å². The maximum absolute atomic E-state index is 8.87. The lowest BCUT2D eigenvalue weighted by Crippen LogP contribution is -2.05. The van der Waals surface area contributed by atoms with Gasteiger partial charge in [-0.15, -0.1) is 6.92 Å². The monoisotopic (exact) mass is 61.0 g/mol. The van der Waals surface area contributed by atoms with E-state index in [2.05, 4.69) is 4.89 Å². The van der Waals surface area contributed by atoms with Crippen LogP contribution in [0.5, 0.6) is 0 Å². The van der Waals surface area contributed by atoms with E-state index in [0.29, 0.717) is 0 Å². The maximum atomic E-state index is 8.87. The predicted molar refractivity (Wildman–Crippen MR) is 12.6 cm³/mol. The molecule has 0 aliphatic carbocycles. The molecule has 2 nitrogen and oxygen atoms in total. The standard InChI is InChI=1S/C2H5O2/c1-2-4-3/h2,4H,1H3/q-1. The van der Waals surface area contributed by atoms with Gasteiger partial charge in [0.25, 0.3) is 0 Å². The largest absolute Gasteiger partial charge is 0.588 e. The molecule has 0 atom stereocenters. The number of rotatable bonds is 1. The fourth-order valence-electron chi connectivity index (χ4n) is 0. The average Bonchev–Trinajstić information content (AvgIpc) is 1.37. The van der Waals surface area contributed by atoms with E-state index in [9.17, 15) is 0 Å². The van der Waals surface area contributed by atoms with Crippen LogP contribution in [0.4, 0.5) is 0 Å². The van der Waals surface area contributed by atoms with E-state index in [1.54, 1.807) is 6.92 Å². The Labute approximate surface area is 24.9 Å². The molecule has 0 fully saturated rings. The average molecular weight is 61.1 g/mol. The van der Waals surface area contributed by atoms with Gasteiger partial charge >= 0.3 is 0 Å². The summed E-state index contributed by atoms with van der Waals surface area (Å²) in [7, 11) is 0. The van der Waals surface area contributed by atoms with Crippen LogP contribution in [0.1, 0.15) is 6.92 Å². The number of hydrogen-bond acceptors (Lipinski definition) is 1. The molecule has 0 saturated carbocycles. The second kappa shape index (κ2) is 2.92. The van der Waals surface area contributed by atoms with Gasteiger partial charge in [0.05, 0.1) is 0 Å². The normalized spacial score (nSPS) is 7.50. The van der Waals surface area contributed by atoms with Crippen molar-refractivity contribution in [3.8, 4) is 0 Å². The summed E-state index contributed by atoms with van der Waals surface area (Å²) in [6.45, 7) is 2.77. The highest BCUT2D eigenvalue weighted by Crippen LogP contribution is 1.51. The number of hydrogen-bond donors (Lipinski definition) is 0. The lowest BCUT2D eigenvalue weighted by molar-refractivity contribution is -0.761. The van der Waals surface area contributed by atoms with Crippen LogP contribution < -0.4 is 5.26 Å². The van der Waals surface area contributed by atoms with E-state index in [1.165, 1.54) is 6.61 Å². The topological polar surface area (TPSA) is 35.9 Å². The predicted octanol–water partition coefficient (Wildman–Crippen LogP) is -0.463. The first kappa shape index (κ1) is 3.92. The van der Waals surface area contributed by atoms with Crippen molar-refractivity contribution in [2.24, 2.45) is 0 Å². The maximum Gasteiger partial charge on any atom is -0.0500 e. The van der Waals surface area contributed by atoms with Gasteiger partial charge in [-0.2, -0.15) is 0 Å². The molecule has 0 aliphatic heterocycles. The van der Waals surface area contributed by atoms with Gasteiger partial charge in [-0.25, -0.2) is 0 Å². The van der Waals surface area contributed by atoms with E-state index in [4.69, 9.17) is 5.26 Å². The molecule has 26 valence electrons. The van der Waals surface area contributed by atoms with Crippen LogP contribution in [-0.4, -0.2) is 4.89 Å². The van der Waals surface area contributed by atoms with Crippen LogP contribution in [-0.2, 0) is 0 Å². The molecule has 1 N–H and O–H groups in total. The first-order chi connectivity index (χ1) is 1.91. The Morgan fingerprint density at radius 2 is 2.25 bits per heavy atom. The quantitative estimate of drug-likeness (QED) is 0.175. The molecule has 0 spiro atoms. The van der Waals surface area contributed by atoms with Gasteiger partial charge in [-0.1, -0.05) is 0 Å². The van der Waals surface area contributed by atoms with Crippen molar-refractivity contribution < 1.29 is 10.1 Å². The van der Waals surface area contributed by atoms with Crippen LogP contribution in [0.2, 0.25) is 0 Å². The number of aliphatic hydroxyl groups is 1. The summed E-state index contributed by atoms with van der Waals surface area (Å²) in [6.07, 6.45) is 0. The Morgan fingerprint density at radius 1 is 2.00 bits per heavy atom. The third-order valence-corrected chi connectivity index (χ3v) is 0.105. The minimum atomic E-state index is 1.19. The molecule has 0 saturated heterocycles. The van der Waals surface area contributed by atoms with E-state index in [1.807, 2.05) is 0 Å². The second-order valence-corrected chi connectivity index (χ2v) is 0.364. The van der Waals surface area contributed by atoms with Crippen molar-refractivity contribution in [3.05, 3.63) is 6.61 Å². The summed E-state index contributed by atoms with van der Waals surface area (Å²) < 4.78 is 0. The van der Waals surface area contributed by atoms with E-state index in [-0.39, 0.29) is 0 Å². The Kier molecular flexibility index (Phi) is 2.86. The Balaban J connectivity index is 1.97. The van der Waals surface area contributed by atoms with E-state index in [0.717, 1.165) is 0 Å². The van der Waals surface area contributed by atoms with Gasteiger partial charge in [0.15, 0.2) is 0 Å². The molecular formula is C2H5O2-. The zero-order valence-corrected chi connectivity index (χ0v) is 2.43. The highest BCUT2D eigenvalue weighted by Gasteiger charge is 1.34. The van der Waals surface area contributed by atoms with Crippen LogP contribution in [0.15, 0.2) is 0 Å². The van der Waals surface area contributed by atoms with Gasteiger partial charge < -0.3 is 10.1 Å². The third-order valence-electron chi connectivity index (χ3n) is 0.105. The SMILES string of the molecule is C[CH-][OH+][O-]. The first-order valence-electron chi connectivity index (χ1n) is 1.02. The zero-order chi connectivity index (χ0) is 3.41. The summed E-state index contributed by atoms with van der Waals surface area (Å²) in [5.74, 6) is 0. The van der Waals surface area contributed by atoms with Crippen LogP contribution in [0.25, 0.3) is 0 Å². The van der Waals surface area contributed by atoms with Gasteiger partial charge in [0, 0.05) is 0 Å². The van der Waals surface area contributed by atoms with Crippen LogP contribution in [0, 0.1) is 6.61 Å². The third kappa shape index (κ3) is 1.92. The molecule has 0 radical (unpaired) electrons. The summed E-state index contributed by atoms with van der Waals surface area (Å²) in [4.78, 5) is 2.36. The molecular weight excluding hydrogens is 56.0 g/mol. The molecule has 0 rings (SSSR count). The molecule has 2 heteroatoms. The lowest BCUT2D eigenvalue weighted by Gasteiger charge is -2.00. The molecule has 0 aromatic carbocycles. The molecule has 0 amide bonds. The molecule has 0 aromatic rings. The molecule has 0 bridgehead atoms. The van der Waals surface area contributed by atoms with Gasteiger partial charge in [0.1, 0.15) is 0 Å². The molecule has 0 aliphatic rings. The highest BCUT2D eigenvalue weighted by atomic mass is 17.1. The second-order valence-electron chi connectivity index (χ2n) is 0.364. The lowest BCUT2D eigenvalue weighted by atomic mass is 10.9. The van der Waals surface area contributed by atoms with Crippen molar-refractivity contribution >= 4 is 0 Å². The van der Waals surface area contributed by atoms with Crippen LogP contribution >= 0.6 is 0 Å². The Bertz CT molecular complexity index is 6.00. The van der Waals surface area contributed by atoms with Gasteiger partial charge in [-0.3, -0.25) is 0 Å². The van der Waals surface area contributed by atoms with Gasteiger partial charge in [-0.05, 0) is 6.61 Å². The fourth-order valence-corrected chi connectivity index (χ4v) is 0. The Morgan fingerprint density at radius 3 is 2.25 bits per heavy atom. The summed E-state index contributed by atoms with van der Waals surface area (Å²) >= 11 is 0. The zero-order valence-electron chi connectivity index (χ0n) is 2.43. The summed E-state index contributed by atoms with van der Waals surface area (Å²) in [5.41, 5.74) is 0. The molecule has 0 heterocycles. The van der Waals surface area contributed by atoms with Crippen LogP contribution in [0.3, 0.4) is 0 Å². The van der Waals surface area contributed by atoms with Crippen molar-refractivity contribution in [2.75, 3.05) is 0 Å². The minimum Gasteiger partial charge on any atom is -0.588 e. The Hall–Kier alpha value is -0.0800. The fraction of sp³-hybridized carbons (Fsp3) is 0.500. The smallest absolute Gasteiger partial charge is 0.0500 e. The first-order valence-corrected chi connectivity index (χ1v) is 1.02. The van der Waals surface area contributed by atoms with Crippen molar-refractivity contribution in [1.82, 2.24) is 0 Å². The van der Waals surface area contributed by atoms with Crippen molar-refractivity contribution in [1.29, 1.82) is 0 Å². The minimum absolute atomic E-state index is 1.19. The van der Waals surface area contributed by atoms with Crippen molar-refractivity contribution in [2.45, 2.75) is 6.92 Å².